The zero-order chi connectivity index (χ0) is 28.4. The Morgan fingerprint density at radius 2 is 1.56 bits per heavy atom. The molecule has 0 radical (unpaired) electrons. The van der Waals surface area contributed by atoms with Crippen LogP contribution in [0, 0.1) is 5.92 Å². The Labute approximate surface area is 240 Å². The third kappa shape index (κ3) is 7.94. The lowest BCUT2D eigenvalue weighted by molar-refractivity contribution is 0.0696. The van der Waals surface area contributed by atoms with E-state index in [0.29, 0.717) is 46.9 Å². The zero-order valence-electron chi connectivity index (χ0n) is 22.9. The summed E-state index contributed by atoms with van der Waals surface area (Å²) in [5.41, 5.74) is 2.46. The van der Waals surface area contributed by atoms with E-state index < -0.39 is 5.97 Å². The van der Waals surface area contributed by atoms with Gasteiger partial charge in [0.15, 0.2) is 0 Å². The van der Waals surface area contributed by atoms with E-state index >= 15 is 0 Å². The summed E-state index contributed by atoms with van der Waals surface area (Å²) in [7, 11) is 0. The smallest absolute Gasteiger partial charge is 0.335 e. The fourth-order valence-corrected chi connectivity index (χ4v) is 5.17. The predicted octanol–water partition coefficient (Wildman–Crippen LogP) is 7.96. The molecule has 1 fully saturated rings. The average molecular weight is 551 g/mol. The Bertz CT molecular complexity index is 1440. The second kappa shape index (κ2) is 13.6. The van der Waals surface area contributed by atoms with Gasteiger partial charge in [0.05, 0.1) is 24.1 Å². The van der Waals surface area contributed by atoms with Crippen LogP contribution in [0.2, 0.25) is 0 Å². The van der Waals surface area contributed by atoms with Crippen LogP contribution in [0.3, 0.4) is 0 Å². The maximum absolute atomic E-state index is 12.9. The summed E-state index contributed by atoms with van der Waals surface area (Å²) in [4.78, 5) is 28.7. The first-order valence-corrected chi connectivity index (χ1v) is 14.1. The van der Waals surface area contributed by atoms with E-state index in [-0.39, 0.29) is 11.5 Å². The van der Waals surface area contributed by atoms with Crippen LogP contribution in [0.15, 0.2) is 97.2 Å². The maximum Gasteiger partial charge on any atom is 0.335 e. The third-order valence-electron chi connectivity index (χ3n) is 7.46. The lowest BCUT2D eigenvalue weighted by Crippen LogP contribution is -2.16. The minimum absolute atomic E-state index is 0.218. The molecule has 41 heavy (non-hydrogen) atoms. The van der Waals surface area contributed by atoms with Gasteiger partial charge in [0.1, 0.15) is 17.2 Å². The van der Waals surface area contributed by atoms with Gasteiger partial charge >= 0.3 is 5.97 Å². The van der Waals surface area contributed by atoms with Crippen LogP contribution < -0.4 is 14.8 Å². The molecule has 0 spiro atoms. The fourth-order valence-electron chi connectivity index (χ4n) is 5.17. The highest BCUT2D eigenvalue weighted by Crippen LogP contribution is 2.33. The summed E-state index contributed by atoms with van der Waals surface area (Å²) in [5, 5.41) is 12.0. The summed E-state index contributed by atoms with van der Waals surface area (Å²) in [6.45, 7) is 0.620. The van der Waals surface area contributed by atoms with Crippen LogP contribution in [0.1, 0.15) is 70.9 Å². The Hall–Kier alpha value is -4.65. The number of nitrogens with one attached hydrogen (secondary N) is 1. The Morgan fingerprint density at radius 3 is 2.32 bits per heavy atom. The van der Waals surface area contributed by atoms with Crippen LogP contribution >= 0.6 is 0 Å². The van der Waals surface area contributed by atoms with E-state index in [1.54, 1.807) is 48.7 Å². The number of carboxylic acid groups (broad SMARTS) is 1. The predicted molar refractivity (Wildman–Crippen MR) is 158 cm³/mol. The lowest BCUT2D eigenvalue weighted by Gasteiger charge is -2.25. The SMILES string of the molecule is O=C(O)c1ccc(OCC2CCCCC(c3ccc(NC(=O)c4cccc(Oc5ccccc5)c4)cn3)CC2)cc1. The molecule has 0 saturated heterocycles. The van der Waals surface area contributed by atoms with E-state index in [1.165, 1.54) is 0 Å². The molecule has 1 aromatic heterocycles. The number of benzene rings is 3. The molecule has 7 heteroatoms. The van der Waals surface area contributed by atoms with Gasteiger partial charge in [0.25, 0.3) is 5.91 Å². The van der Waals surface area contributed by atoms with Gasteiger partial charge in [-0.15, -0.1) is 0 Å². The highest BCUT2D eigenvalue weighted by atomic mass is 16.5. The number of carbonyl (C=O) groups is 2. The van der Waals surface area contributed by atoms with Crippen LogP contribution in [0.25, 0.3) is 0 Å². The lowest BCUT2D eigenvalue weighted by atomic mass is 9.84. The molecule has 0 aliphatic heterocycles. The highest BCUT2D eigenvalue weighted by Gasteiger charge is 2.20. The molecule has 4 aromatic rings. The van der Waals surface area contributed by atoms with Gasteiger partial charge in [0.2, 0.25) is 0 Å². The standard InChI is InChI=1S/C34H34N2O5/c37-33(27-9-6-12-31(21-27)41-30-10-2-1-3-11-30)36-28-17-20-32(35-22-28)25-8-5-4-7-24(13-14-25)23-40-29-18-15-26(16-19-29)34(38)39/h1-3,6,9-12,15-22,24-25H,4-5,7-8,13-14,23H2,(H,36,37)(H,38,39). The first-order valence-electron chi connectivity index (χ1n) is 14.1. The normalized spacial score (nSPS) is 17.1. The van der Waals surface area contributed by atoms with Crippen molar-refractivity contribution in [1.82, 2.24) is 4.98 Å². The van der Waals surface area contributed by atoms with Crippen molar-refractivity contribution >= 4 is 17.6 Å². The van der Waals surface area contributed by atoms with E-state index in [9.17, 15) is 9.59 Å². The number of hydrogen-bond acceptors (Lipinski definition) is 5. The number of nitrogens with zero attached hydrogens (tertiary/aromatic N) is 1. The number of para-hydroxylation sites is 1. The molecule has 1 heterocycles. The van der Waals surface area contributed by atoms with Gasteiger partial charge in [-0.3, -0.25) is 9.78 Å². The second-order valence-electron chi connectivity index (χ2n) is 10.4. The van der Waals surface area contributed by atoms with Gasteiger partial charge in [-0.05, 0) is 98.3 Å². The number of amides is 1. The molecule has 2 N–H and O–H groups in total. The number of ether oxygens (including phenoxy) is 2. The number of anilines is 1. The second-order valence-corrected chi connectivity index (χ2v) is 10.4. The number of aromatic carboxylic acids is 1. The van der Waals surface area contributed by atoms with Crippen molar-refractivity contribution in [2.75, 3.05) is 11.9 Å². The van der Waals surface area contributed by atoms with Crippen LogP contribution in [-0.2, 0) is 0 Å². The number of hydrogen-bond donors (Lipinski definition) is 2. The monoisotopic (exact) mass is 550 g/mol. The maximum atomic E-state index is 12.9. The topological polar surface area (TPSA) is 97.8 Å². The number of carbonyl (C=O) groups excluding carboxylic acids is 1. The molecule has 210 valence electrons. The quantitative estimate of drug-likeness (QED) is 0.219. The summed E-state index contributed by atoms with van der Waals surface area (Å²) < 4.78 is 11.8. The molecule has 5 rings (SSSR count). The average Bonchev–Trinajstić information content (AvgIpc) is 2.98. The third-order valence-corrected chi connectivity index (χ3v) is 7.46. The van der Waals surface area contributed by atoms with E-state index in [0.717, 1.165) is 44.2 Å². The molecular weight excluding hydrogens is 516 g/mol. The van der Waals surface area contributed by atoms with Crippen LogP contribution in [-0.4, -0.2) is 28.6 Å². The van der Waals surface area contributed by atoms with Crippen molar-refractivity contribution < 1.29 is 24.2 Å². The Balaban J connectivity index is 1.13. The highest BCUT2D eigenvalue weighted by molar-refractivity contribution is 6.04. The summed E-state index contributed by atoms with van der Waals surface area (Å²) in [5.74, 6) is 1.66. The molecule has 2 unspecified atom stereocenters. The molecule has 3 aromatic carbocycles. The van der Waals surface area contributed by atoms with Crippen molar-refractivity contribution in [3.63, 3.8) is 0 Å². The summed E-state index contributed by atoms with van der Waals surface area (Å²) in [6.07, 6.45) is 8.29. The molecule has 1 amide bonds. The Kier molecular flexibility index (Phi) is 9.26. The molecular formula is C34H34N2O5. The van der Waals surface area contributed by atoms with Crippen molar-refractivity contribution in [3.05, 3.63) is 114 Å². The number of aromatic nitrogens is 1. The van der Waals surface area contributed by atoms with E-state index in [1.807, 2.05) is 48.5 Å². The van der Waals surface area contributed by atoms with Gasteiger partial charge in [0, 0.05) is 17.2 Å². The largest absolute Gasteiger partial charge is 0.493 e. The van der Waals surface area contributed by atoms with Crippen molar-refractivity contribution in [2.45, 2.75) is 44.4 Å². The first kappa shape index (κ1) is 27.9. The van der Waals surface area contributed by atoms with E-state index in [4.69, 9.17) is 19.6 Å². The molecule has 1 aliphatic rings. The minimum Gasteiger partial charge on any atom is -0.493 e. The summed E-state index contributed by atoms with van der Waals surface area (Å²) >= 11 is 0. The van der Waals surface area contributed by atoms with Crippen LogP contribution in [0.5, 0.6) is 17.2 Å². The fraction of sp³-hybridized carbons (Fsp3) is 0.265. The minimum atomic E-state index is -0.939. The number of rotatable bonds is 9. The number of pyridine rings is 1. The Morgan fingerprint density at radius 1 is 0.780 bits per heavy atom. The van der Waals surface area contributed by atoms with Crippen molar-refractivity contribution in [3.8, 4) is 17.2 Å². The van der Waals surface area contributed by atoms with Gasteiger partial charge in [-0.2, -0.15) is 0 Å². The van der Waals surface area contributed by atoms with Crippen molar-refractivity contribution in [1.29, 1.82) is 0 Å². The molecule has 1 saturated carbocycles. The first-order chi connectivity index (χ1) is 20.0. The molecule has 0 bridgehead atoms. The number of carboxylic acids is 1. The van der Waals surface area contributed by atoms with Gasteiger partial charge in [-0.1, -0.05) is 37.1 Å². The van der Waals surface area contributed by atoms with Crippen LogP contribution in [0.4, 0.5) is 5.69 Å². The van der Waals surface area contributed by atoms with E-state index in [2.05, 4.69) is 5.32 Å². The molecule has 2 atom stereocenters. The summed E-state index contributed by atoms with van der Waals surface area (Å²) in [6, 6.07) is 27.1. The van der Waals surface area contributed by atoms with Gasteiger partial charge in [-0.25, -0.2) is 4.79 Å². The van der Waals surface area contributed by atoms with Gasteiger partial charge < -0.3 is 19.9 Å². The van der Waals surface area contributed by atoms with Crippen molar-refractivity contribution in [2.24, 2.45) is 5.92 Å². The zero-order valence-corrected chi connectivity index (χ0v) is 22.9. The molecule has 1 aliphatic carbocycles. The molecule has 7 nitrogen and oxygen atoms in total.